The minimum absolute atomic E-state index is 0.0935. The summed E-state index contributed by atoms with van der Waals surface area (Å²) in [7, 11) is 0. The first-order chi connectivity index (χ1) is 15.8. The number of hydrogen-bond acceptors (Lipinski definition) is 8. The third-order valence-electron chi connectivity index (χ3n) is 6.91. The largest absolute Gasteiger partial charge is 0.733 e. The molecular weight excluding hydrogens is 444 g/mol. The highest BCUT2D eigenvalue weighted by atomic mass is 32.2. The quantitative estimate of drug-likeness (QED) is 0.452. The van der Waals surface area contributed by atoms with Crippen molar-refractivity contribution in [3.05, 3.63) is 58.8 Å². The molecule has 3 aliphatic rings. The summed E-state index contributed by atoms with van der Waals surface area (Å²) in [6.07, 6.45) is 2.57. The van der Waals surface area contributed by atoms with Gasteiger partial charge in [-0.05, 0) is 49.1 Å². The first kappa shape index (κ1) is 21.9. The van der Waals surface area contributed by atoms with Crippen molar-refractivity contribution in [2.45, 2.75) is 24.9 Å². The van der Waals surface area contributed by atoms with Gasteiger partial charge < -0.3 is 15.8 Å². The van der Waals surface area contributed by atoms with Crippen LogP contribution in [0.4, 0.5) is 17.1 Å². The second kappa shape index (κ2) is 7.84. The normalized spacial score (nSPS) is 27.8. The molecule has 1 spiro atoms. The van der Waals surface area contributed by atoms with E-state index in [1.807, 2.05) is 24.5 Å². The fourth-order valence-electron chi connectivity index (χ4n) is 5.45. The van der Waals surface area contributed by atoms with E-state index in [4.69, 9.17) is 0 Å². The van der Waals surface area contributed by atoms with Crippen molar-refractivity contribution >= 4 is 46.5 Å². The van der Waals surface area contributed by atoms with Gasteiger partial charge in [0.25, 0.3) is 0 Å². The Balaban J connectivity index is 1.65. The molecule has 2 fully saturated rings. The van der Waals surface area contributed by atoms with E-state index in [0.717, 1.165) is 10.7 Å². The average molecular weight is 468 g/mol. The van der Waals surface area contributed by atoms with Gasteiger partial charge in [-0.15, -0.1) is 0 Å². The lowest BCUT2D eigenvalue weighted by Crippen LogP contribution is -2.53. The first-order valence-electron chi connectivity index (χ1n) is 10.6. The molecule has 0 unspecified atom stereocenters. The molecule has 172 valence electrons. The Hall–Kier alpha value is -2.92. The Kier molecular flexibility index (Phi) is 5.20. The zero-order valence-electron chi connectivity index (χ0n) is 18.1. The number of rotatable bonds is 5. The van der Waals surface area contributed by atoms with E-state index in [1.54, 1.807) is 30.8 Å². The molecule has 9 nitrogen and oxygen atoms in total. The number of anilines is 3. The van der Waals surface area contributed by atoms with Crippen LogP contribution in [0.15, 0.2) is 42.5 Å². The molecule has 10 heteroatoms. The molecule has 4 atom stereocenters. The summed E-state index contributed by atoms with van der Waals surface area (Å²) in [5.41, 5.74) is 0.672. The Bertz CT molecular complexity index is 1170. The molecule has 0 radical (unpaired) electrons. The number of carbonyl (C=O) groups is 3. The van der Waals surface area contributed by atoms with Crippen LogP contribution in [-0.2, 0) is 19.9 Å². The SMILES string of the molecule is CSCC[C@H]1N[C@]2(C(=O)Nc3ccccc32)[C@@H]2C(=O)N(c3cc(N([O-])O)ccc3C)C(=O)[C@H]21. The monoisotopic (exact) mass is 467 g/mol. The molecule has 33 heavy (non-hydrogen) atoms. The van der Waals surface area contributed by atoms with E-state index < -0.39 is 29.2 Å². The van der Waals surface area contributed by atoms with Crippen molar-refractivity contribution in [3.8, 4) is 0 Å². The number of hydrogen-bond donors (Lipinski definition) is 3. The second-order valence-electron chi connectivity index (χ2n) is 8.60. The Morgan fingerprint density at radius 1 is 1.18 bits per heavy atom. The molecule has 0 saturated carbocycles. The molecule has 2 aromatic carbocycles. The van der Waals surface area contributed by atoms with Crippen molar-refractivity contribution in [3.63, 3.8) is 0 Å². The van der Waals surface area contributed by atoms with E-state index >= 15 is 0 Å². The molecule has 0 aliphatic carbocycles. The van der Waals surface area contributed by atoms with Gasteiger partial charge >= 0.3 is 0 Å². The van der Waals surface area contributed by atoms with E-state index in [1.165, 1.54) is 12.1 Å². The summed E-state index contributed by atoms with van der Waals surface area (Å²) in [6, 6.07) is 11.1. The van der Waals surface area contributed by atoms with Crippen LogP contribution in [0.2, 0.25) is 0 Å². The molecule has 3 amide bonds. The van der Waals surface area contributed by atoms with E-state index in [-0.39, 0.29) is 28.6 Å². The van der Waals surface area contributed by atoms with E-state index in [2.05, 4.69) is 10.6 Å². The lowest BCUT2D eigenvalue weighted by atomic mass is 9.76. The summed E-state index contributed by atoms with van der Waals surface area (Å²) < 4.78 is 0. The molecule has 0 aromatic heterocycles. The molecule has 3 aliphatic heterocycles. The van der Waals surface area contributed by atoms with Gasteiger partial charge in [0, 0.05) is 17.3 Å². The van der Waals surface area contributed by atoms with Gasteiger partial charge in [0.15, 0.2) is 0 Å². The van der Waals surface area contributed by atoms with Crippen LogP contribution in [0.25, 0.3) is 0 Å². The Labute approximate surface area is 194 Å². The van der Waals surface area contributed by atoms with E-state index in [0.29, 0.717) is 23.2 Å². The Morgan fingerprint density at radius 3 is 2.67 bits per heavy atom. The minimum atomic E-state index is -1.35. The molecule has 3 N–H and O–H groups in total. The summed E-state index contributed by atoms with van der Waals surface area (Å²) in [4.78, 5) is 42.1. The highest BCUT2D eigenvalue weighted by Gasteiger charge is 2.70. The van der Waals surface area contributed by atoms with Crippen molar-refractivity contribution in [1.29, 1.82) is 0 Å². The summed E-state index contributed by atoms with van der Waals surface area (Å²) >= 11 is 1.63. The fourth-order valence-corrected chi connectivity index (χ4v) is 5.94. The molecule has 3 heterocycles. The standard InChI is InChI=1S/C23H23N4O5S/c1-12-7-8-13(27(31)32)11-17(12)26-20(28)18-16(9-10-33-2)25-23(19(18)21(26)29)14-5-3-4-6-15(14)24-22(23)30/h3-8,11,16,18-19,25,31H,9-10H2,1-2H3,(H,24,30)/q-1/t16-,18+,19+,23+/m1/s1. The highest BCUT2D eigenvalue weighted by Crippen LogP contribution is 2.54. The summed E-state index contributed by atoms with van der Waals surface area (Å²) in [5, 5.41) is 26.8. The fraction of sp³-hybridized carbons (Fsp3) is 0.348. The van der Waals surface area contributed by atoms with Crippen LogP contribution in [-0.4, -0.2) is 41.0 Å². The van der Waals surface area contributed by atoms with Gasteiger partial charge in [-0.3, -0.25) is 24.9 Å². The molecule has 2 aromatic rings. The van der Waals surface area contributed by atoms with Crippen molar-refractivity contribution < 1.29 is 19.6 Å². The molecule has 5 rings (SSSR count). The lowest BCUT2D eigenvalue weighted by Gasteiger charge is -2.30. The number of thioether (sulfide) groups is 1. The molecule has 2 saturated heterocycles. The third kappa shape index (κ3) is 3.02. The number of para-hydroxylation sites is 1. The zero-order valence-corrected chi connectivity index (χ0v) is 18.9. The van der Waals surface area contributed by atoms with Crippen molar-refractivity contribution in [2.75, 3.05) is 27.5 Å². The number of nitrogens with one attached hydrogen (secondary N) is 2. The number of benzene rings is 2. The Morgan fingerprint density at radius 2 is 1.94 bits per heavy atom. The van der Waals surface area contributed by atoms with Gasteiger partial charge in [0.2, 0.25) is 17.7 Å². The van der Waals surface area contributed by atoms with Crippen molar-refractivity contribution in [1.82, 2.24) is 5.32 Å². The van der Waals surface area contributed by atoms with Gasteiger partial charge in [-0.2, -0.15) is 11.8 Å². The van der Waals surface area contributed by atoms with Gasteiger partial charge in [0.05, 0.1) is 23.2 Å². The maximum absolute atomic E-state index is 13.9. The zero-order chi connectivity index (χ0) is 23.5. The average Bonchev–Trinajstić information content (AvgIpc) is 3.37. The maximum atomic E-state index is 13.9. The van der Waals surface area contributed by atoms with Crippen LogP contribution >= 0.6 is 11.8 Å². The second-order valence-corrected chi connectivity index (χ2v) is 9.58. The number of carbonyl (C=O) groups excluding carboxylic acids is 3. The number of amides is 3. The number of nitrogens with zero attached hydrogens (tertiary/aromatic N) is 2. The van der Waals surface area contributed by atoms with Crippen molar-refractivity contribution in [2.24, 2.45) is 11.8 Å². The van der Waals surface area contributed by atoms with Gasteiger partial charge in [-0.1, -0.05) is 24.3 Å². The predicted octanol–water partition coefficient (Wildman–Crippen LogP) is 2.37. The van der Waals surface area contributed by atoms with Gasteiger partial charge in [0.1, 0.15) is 5.54 Å². The lowest BCUT2D eigenvalue weighted by molar-refractivity contribution is -0.130. The summed E-state index contributed by atoms with van der Waals surface area (Å²) in [5.74, 6) is -2.16. The predicted molar refractivity (Wildman–Crippen MR) is 125 cm³/mol. The minimum Gasteiger partial charge on any atom is -0.733 e. The number of imide groups is 1. The summed E-state index contributed by atoms with van der Waals surface area (Å²) in [6.45, 7) is 1.72. The number of aryl methyl sites for hydroxylation is 1. The van der Waals surface area contributed by atoms with E-state index in [9.17, 15) is 24.8 Å². The van der Waals surface area contributed by atoms with Gasteiger partial charge in [-0.25, -0.2) is 4.90 Å². The van der Waals surface area contributed by atoms with Crippen LogP contribution < -0.4 is 20.8 Å². The number of fused-ring (bicyclic) bond motifs is 4. The topological polar surface area (TPSA) is 125 Å². The smallest absolute Gasteiger partial charge is 0.250 e. The van der Waals surface area contributed by atoms with Crippen LogP contribution in [0.3, 0.4) is 0 Å². The van der Waals surface area contributed by atoms with Crippen LogP contribution in [0.5, 0.6) is 0 Å². The highest BCUT2D eigenvalue weighted by molar-refractivity contribution is 7.98. The third-order valence-corrected chi connectivity index (χ3v) is 7.55. The molecular formula is C23H23N4O5S-. The van der Waals surface area contributed by atoms with Crippen LogP contribution in [0.1, 0.15) is 17.5 Å². The molecule has 0 bridgehead atoms. The van der Waals surface area contributed by atoms with Crippen LogP contribution in [0, 0.1) is 24.0 Å². The first-order valence-corrected chi connectivity index (χ1v) is 12.0. The maximum Gasteiger partial charge on any atom is 0.250 e.